The second kappa shape index (κ2) is 7.54. The van der Waals surface area contributed by atoms with Crippen LogP contribution in [0, 0.1) is 16.7 Å². The van der Waals surface area contributed by atoms with Crippen LogP contribution in [0.2, 0.25) is 0 Å². The lowest BCUT2D eigenvalue weighted by Gasteiger charge is -2.39. The maximum absolute atomic E-state index is 12.9. The molecule has 3 aliphatic rings. The molecule has 2 heterocycles. The standard InChI is InChI=1S/C21H27NO2S.C2H6/c1-14-12-18-21(4,20(14,2)3)13-25-22(18)19(23)9-8-15-6-5-7-17-16(15)10-11-24-17;1-2/h5-9,14,18H,10-13H2,1-4H3;1-2H3/b9-8+;. The van der Waals surface area contributed by atoms with E-state index in [2.05, 4.69) is 33.8 Å². The van der Waals surface area contributed by atoms with Crippen LogP contribution >= 0.6 is 11.9 Å². The largest absolute Gasteiger partial charge is 0.493 e. The minimum absolute atomic E-state index is 0.125. The first-order chi connectivity index (χ1) is 12.8. The summed E-state index contributed by atoms with van der Waals surface area (Å²) >= 11 is 1.71. The maximum Gasteiger partial charge on any atom is 0.256 e. The topological polar surface area (TPSA) is 29.5 Å². The van der Waals surface area contributed by atoms with Gasteiger partial charge >= 0.3 is 0 Å². The minimum Gasteiger partial charge on any atom is -0.493 e. The molecular weight excluding hydrogens is 354 g/mol. The summed E-state index contributed by atoms with van der Waals surface area (Å²) in [5, 5.41) is 0. The summed E-state index contributed by atoms with van der Waals surface area (Å²) in [6, 6.07) is 6.41. The summed E-state index contributed by atoms with van der Waals surface area (Å²) in [6.07, 6.45) is 5.75. The molecule has 4 heteroatoms. The number of nitrogens with zero attached hydrogens (tertiary/aromatic N) is 1. The van der Waals surface area contributed by atoms with Crippen molar-refractivity contribution in [2.75, 3.05) is 12.4 Å². The fourth-order valence-corrected chi connectivity index (χ4v) is 6.33. The lowest BCUT2D eigenvalue weighted by Crippen LogP contribution is -2.42. The Morgan fingerprint density at radius 2 is 2.04 bits per heavy atom. The molecule has 148 valence electrons. The first-order valence-corrected chi connectivity index (χ1v) is 11.2. The van der Waals surface area contributed by atoms with Crippen molar-refractivity contribution in [1.82, 2.24) is 4.31 Å². The van der Waals surface area contributed by atoms with Crippen molar-refractivity contribution in [1.29, 1.82) is 0 Å². The Morgan fingerprint density at radius 1 is 1.30 bits per heavy atom. The molecule has 4 rings (SSSR count). The molecule has 3 atom stereocenters. The number of carbonyl (C=O) groups excluding carboxylic acids is 1. The van der Waals surface area contributed by atoms with Crippen LogP contribution in [0.1, 0.15) is 59.1 Å². The van der Waals surface area contributed by atoms with Crippen molar-refractivity contribution in [2.45, 2.75) is 60.4 Å². The van der Waals surface area contributed by atoms with Crippen LogP contribution in [0.4, 0.5) is 0 Å². The fraction of sp³-hybridized carbons (Fsp3) is 0.609. The summed E-state index contributed by atoms with van der Waals surface area (Å²) in [6.45, 7) is 14.2. The van der Waals surface area contributed by atoms with E-state index < -0.39 is 0 Å². The lowest BCUT2D eigenvalue weighted by molar-refractivity contribution is -0.123. The average molecular weight is 388 g/mol. The maximum atomic E-state index is 12.9. The molecule has 1 amide bonds. The van der Waals surface area contributed by atoms with E-state index in [0.717, 1.165) is 36.5 Å². The van der Waals surface area contributed by atoms with Gasteiger partial charge in [0.2, 0.25) is 0 Å². The van der Waals surface area contributed by atoms with Gasteiger partial charge in [0.25, 0.3) is 5.91 Å². The Bertz CT molecular complexity index is 742. The van der Waals surface area contributed by atoms with Crippen molar-refractivity contribution >= 4 is 23.9 Å². The molecule has 27 heavy (non-hydrogen) atoms. The molecule has 1 saturated carbocycles. The van der Waals surface area contributed by atoms with E-state index in [1.54, 1.807) is 18.0 Å². The zero-order valence-corrected chi connectivity index (χ0v) is 18.4. The summed E-state index contributed by atoms with van der Waals surface area (Å²) in [5.41, 5.74) is 2.79. The summed E-state index contributed by atoms with van der Waals surface area (Å²) in [5.74, 6) is 2.75. The normalized spacial score (nSPS) is 30.5. The monoisotopic (exact) mass is 387 g/mol. The van der Waals surface area contributed by atoms with Gasteiger partial charge < -0.3 is 4.74 Å². The summed E-state index contributed by atoms with van der Waals surface area (Å²) < 4.78 is 7.66. The molecule has 3 unspecified atom stereocenters. The number of carbonyl (C=O) groups is 1. The third kappa shape index (κ3) is 3.20. The van der Waals surface area contributed by atoms with Gasteiger partial charge in [-0.05, 0) is 47.4 Å². The molecule has 0 bridgehead atoms. The van der Waals surface area contributed by atoms with Crippen molar-refractivity contribution in [3.05, 3.63) is 35.4 Å². The summed E-state index contributed by atoms with van der Waals surface area (Å²) in [4.78, 5) is 12.9. The number of rotatable bonds is 2. The van der Waals surface area contributed by atoms with E-state index >= 15 is 0 Å². The SMILES string of the molecule is CC.CC1CC2N(C(=O)/C=C/c3cccc4c3CCO4)SCC2(C)C1(C)C. The van der Waals surface area contributed by atoms with E-state index in [4.69, 9.17) is 4.74 Å². The molecule has 1 saturated heterocycles. The van der Waals surface area contributed by atoms with Gasteiger partial charge in [-0.1, -0.05) is 53.7 Å². The molecule has 0 N–H and O–H groups in total. The van der Waals surface area contributed by atoms with Gasteiger partial charge in [0.1, 0.15) is 5.75 Å². The predicted molar refractivity (Wildman–Crippen MR) is 115 cm³/mol. The molecular formula is C23H33NO2S. The van der Waals surface area contributed by atoms with E-state index in [9.17, 15) is 4.79 Å². The number of ether oxygens (including phenoxy) is 1. The molecule has 2 aliphatic heterocycles. The average Bonchev–Trinajstić information content (AvgIpc) is 3.31. The van der Waals surface area contributed by atoms with Gasteiger partial charge in [0.15, 0.2) is 0 Å². The number of hydrogen-bond donors (Lipinski definition) is 0. The van der Waals surface area contributed by atoms with E-state index in [0.29, 0.717) is 12.0 Å². The molecule has 0 aromatic heterocycles. The Morgan fingerprint density at radius 3 is 2.78 bits per heavy atom. The molecule has 1 aromatic carbocycles. The Kier molecular flexibility index (Phi) is 5.67. The quantitative estimate of drug-likeness (QED) is 0.489. The van der Waals surface area contributed by atoms with Crippen LogP contribution in [0.25, 0.3) is 6.08 Å². The van der Waals surface area contributed by atoms with Crippen LogP contribution in [-0.2, 0) is 11.2 Å². The van der Waals surface area contributed by atoms with Crippen molar-refractivity contribution < 1.29 is 9.53 Å². The highest BCUT2D eigenvalue weighted by Crippen LogP contribution is 2.63. The van der Waals surface area contributed by atoms with Crippen molar-refractivity contribution in [3.8, 4) is 5.75 Å². The van der Waals surface area contributed by atoms with Gasteiger partial charge in [0, 0.05) is 29.2 Å². The van der Waals surface area contributed by atoms with Crippen LogP contribution in [0.5, 0.6) is 5.75 Å². The van der Waals surface area contributed by atoms with Crippen molar-refractivity contribution in [3.63, 3.8) is 0 Å². The molecule has 0 radical (unpaired) electrons. The molecule has 1 aliphatic carbocycles. The van der Waals surface area contributed by atoms with E-state index in [1.807, 2.05) is 36.4 Å². The van der Waals surface area contributed by atoms with Gasteiger partial charge in [-0.25, -0.2) is 0 Å². The zero-order chi connectivity index (χ0) is 19.8. The lowest BCUT2D eigenvalue weighted by atomic mass is 9.66. The third-order valence-corrected chi connectivity index (χ3v) is 8.65. The van der Waals surface area contributed by atoms with Gasteiger partial charge in [-0.3, -0.25) is 9.10 Å². The van der Waals surface area contributed by atoms with Gasteiger partial charge in [-0.15, -0.1) is 0 Å². The highest BCUT2D eigenvalue weighted by Gasteiger charge is 2.61. The van der Waals surface area contributed by atoms with Gasteiger partial charge in [-0.2, -0.15) is 0 Å². The smallest absolute Gasteiger partial charge is 0.256 e. The number of fused-ring (bicyclic) bond motifs is 2. The second-order valence-corrected chi connectivity index (χ2v) is 9.43. The van der Waals surface area contributed by atoms with E-state index in [1.165, 1.54) is 5.56 Å². The first kappa shape index (κ1) is 20.3. The predicted octanol–water partition coefficient (Wildman–Crippen LogP) is 5.59. The summed E-state index contributed by atoms with van der Waals surface area (Å²) in [7, 11) is 0. The second-order valence-electron chi connectivity index (χ2n) is 8.48. The third-order valence-electron chi connectivity index (χ3n) is 7.20. The molecule has 3 nitrogen and oxygen atoms in total. The Hall–Kier alpha value is -1.42. The Balaban J connectivity index is 0.00000102. The fourth-order valence-electron chi connectivity index (χ4n) is 4.67. The van der Waals surface area contributed by atoms with Crippen LogP contribution in [0.15, 0.2) is 24.3 Å². The number of amides is 1. The van der Waals surface area contributed by atoms with E-state index in [-0.39, 0.29) is 16.7 Å². The van der Waals surface area contributed by atoms with Gasteiger partial charge in [0.05, 0.1) is 12.6 Å². The molecule has 0 spiro atoms. The highest BCUT2D eigenvalue weighted by atomic mass is 32.2. The zero-order valence-electron chi connectivity index (χ0n) is 17.5. The van der Waals surface area contributed by atoms with Crippen molar-refractivity contribution in [2.24, 2.45) is 16.7 Å². The number of hydrogen-bond acceptors (Lipinski definition) is 3. The molecule has 2 fully saturated rings. The number of benzene rings is 1. The highest BCUT2D eigenvalue weighted by molar-refractivity contribution is 7.97. The Labute approximate surface area is 168 Å². The minimum atomic E-state index is 0.125. The van der Waals surface area contributed by atoms with Crippen LogP contribution in [-0.4, -0.2) is 28.6 Å². The first-order valence-electron chi connectivity index (χ1n) is 10.2. The van der Waals surface area contributed by atoms with Crippen LogP contribution in [0.3, 0.4) is 0 Å². The molecule has 1 aromatic rings. The van der Waals surface area contributed by atoms with Crippen LogP contribution < -0.4 is 4.74 Å².